The summed E-state index contributed by atoms with van der Waals surface area (Å²) < 4.78 is 1.07. The van der Waals surface area contributed by atoms with Crippen molar-refractivity contribution in [2.75, 3.05) is 38.2 Å². The maximum atomic E-state index is 11.9. The SMILES string of the molecule is CN(CCO)C(=O)NC1CCN(c2ccccc2Br)C1. The molecule has 1 heterocycles. The molecule has 1 unspecified atom stereocenters. The molecule has 0 aliphatic carbocycles. The van der Waals surface area contributed by atoms with Gasteiger partial charge in [-0.2, -0.15) is 0 Å². The Balaban J connectivity index is 1.90. The van der Waals surface area contributed by atoms with Gasteiger partial charge in [0.2, 0.25) is 0 Å². The highest BCUT2D eigenvalue weighted by atomic mass is 79.9. The predicted molar refractivity (Wildman–Crippen MR) is 83.0 cm³/mol. The molecule has 0 spiro atoms. The predicted octanol–water partition coefficient (Wildman–Crippen LogP) is 1.66. The average Bonchev–Trinajstić information content (AvgIpc) is 2.87. The smallest absolute Gasteiger partial charge is 0.317 e. The Hall–Kier alpha value is -1.27. The summed E-state index contributed by atoms with van der Waals surface area (Å²) in [7, 11) is 1.69. The van der Waals surface area contributed by atoms with Gasteiger partial charge in [-0.05, 0) is 34.5 Å². The minimum atomic E-state index is -0.127. The largest absolute Gasteiger partial charge is 0.395 e. The molecule has 1 aliphatic rings. The van der Waals surface area contributed by atoms with Crippen LogP contribution in [-0.4, -0.2) is 55.4 Å². The lowest BCUT2D eigenvalue weighted by Crippen LogP contribution is -2.45. The number of carbonyl (C=O) groups is 1. The number of benzene rings is 1. The van der Waals surface area contributed by atoms with Crippen molar-refractivity contribution in [2.24, 2.45) is 0 Å². The van der Waals surface area contributed by atoms with Gasteiger partial charge in [-0.15, -0.1) is 0 Å². The third-order valence-corrected chi connectivity index (χ3v) is 4.16. The number of likely N-dealkylation sites (N-methyl/N-ethyl adjacent to an activating group) is 1. The van der Waals surface area contributed by atoms with Crippen molar-refractivity contribution < 1.29 is 9.90 Å². The third-order valence-electron chi connectivity index (χ3n) is 3.49. The molecule has 0 saturated carbocycles. The topological polar surface area (TPSA) is 55.8 Å². The van der Waals surface area contributed by atoms with E-state index in [2.05, 4.69) is 32.2 Å². The van der Waals surface area contributed by atoms with Gasteiger partial charge in [0.25, 0.3) is 0 Å². The highest BCUT2D eigenvalue weighted by Gasteiger charge is 2.25. The molecule has 0 radical (unpaired) electrons. The molecule has 0 bridgehead atoms. The number of hydrogen-bond donors (Lipinski definition) is 2. The fraction of sp³-hybridized carbons (Fsp3) is 0.500. The zero-order valence-corrected chi connectivity index (χ0v) is 13.1. The van der Waals surface area contributed by atoms with Gasteiger partial charge in [-0.3, -0.25) is 0 Å². The van der Waals surface area contributed by atoms with E-state index in [-0.39, 0.29) is 18.7 Å². The number of hydrogen-bond acceptors (Lipinski definition) is 3. The van der Waals surface area contributed by atoms with Crippen LogP contribution in [0.2, 0.25) is 0 Å². The third kappa shape index (κ3) is 3.64. The van der Waals surface area contributed by atoms with E-state index in [0.29, 0.717) is 6.54 Å². The molecule has 1 aliphatic heterocycles. The second-order valence-corrected chi connectivity index (χ2v) is 5.83. The number of para-hydroxylation sites is 1. The molecule has 1 aromatic rings. The molecule has 6 heteroatoms. The maximum Gasteiger partial charge on any atom is 0.317 e. The van der Waals surface area contributed by atoms with Crippen molar-refractivity contribution in [1.82, 2.24) is 10.2 Å². The van der Waals surface area contributed by atoms with Crippen molar-refractivity contribution in [2.45, 2.75) is 12.5 Å². The summed E-state index contributed by atoms with van der Waals surface area (Å²) in [6.45, 7) is 2.07. The normalized spacial score (nSPS) is 18.1. The highest BCUT2D eigenvalue weighted by Crippen LogP contribution is 2.28. The van der Waals surface area contributed by atoms with Crippen molar-refractivity contribution in [1.29, 1.82) is 0 Å². The fourth-order valence-corrected chi connectivity index (χ4v) is 2.88. The summed E-state index contributed by atoms with van der Waals surface area (Å²) in [4.78, 5) is 15.6. The van der Waals surface area contributed by atoms with E-state index < -0.39 is 0 Å². The Labute approximate surface area is 127 Å². The number of amides is 2. The van der Waals surface area contributed by atoms with E-state index in [4.69, 9.17) is 5.11 Å². The van der Waals surface area contributed by atoms with Crippen LogP contribution in [0.15, 0.2) is 28.7 Å². The number of nitrogens with one attached hydrogen (secondary N) is 1. The van der Waals surface area contributed by atoms with Gasteiger partial charge in [0.15, 0.2) is 0 Å². The first-order valence-corrected chi connectivity index (χ1v) is 7.53. The summed E-state index contributed by atoms with van der Waals surface area (Å²) in [5.74, 6) is 0. The minimum absolute atomic E-state index is 0.0162. The molecule has 2 rings (SSSR count). The van der Waals surface area contributed by atoms with E-state index in [1.165, 1.54) is 4.90 Å². The van der Waals surface area contributed by atoms with Crippen LogP contribution in [0.25, 0.3) is 0 Å². The van der Waals surface area contributed by atoms with Crippen LogP contribution in [-0.2, 0) is 0 Å². The zero-order valence-electron chi connectivity index (χ0n) is 11.6. The lowest BCUT2D eigenvalue weighted by Gasteiger charge is -2.22. The molecule has 0 aromatic heterocycles. The second-order valence-electron chi connectivity index (χ2n) is 4.98. The monoisotopic (exact) mass is 341 g/mol. The van der Waals surface area contributed by atoms with Crippen molar-refractivity contribution in [3.8, 4) is 0 Å². The summed E-state index contributed by atoms with van der Waals surface area (Å²) in [6.07, 6.45) is 0.931. The molecule has 2 amide bonds. The van der Waals surface area contributed by atoms with Gasteiger partial charge >= 0.3 is 6.03 Å². The Bertz CT molecular complexity index is 469. The van der Waals surface area contributed by atoms with Crippen molar-refractivity contribution >= 4 is 27.6 Å². The number of urea groups is 1. The summed E-state index contributed by atoms with van der Waals surface area (Å²) in [6, 6.07) is 8.13. The molecule has 1 atom stereocenters. The molecule has 1 saturated heterocycles. The van der Waals surface area contributed by atoms with E-state index in [1.54, 1.807) is 7.05 Å². The number of aliphatic hydroxyl groups excluding tert-OH is 1. The van der Waals surface area contributed by atoms with Crippen LogP contribution in [0.3, 0.4) is 0 Å². The highest BCUT2D eigenvalue weighted by molar-refractivity contribution is 9.10. The fourth-order valence-electron chi connectivity index (χ4n) is 2.34. The molecule has 1 aromatic carbocycles. The average molecular weight is 342 g/mol. The second kappa shape index (κ2) is 6.95. The Morgan fingerprint density at radius 1 is 1.55 bits per heavy atom. The standard InChI is InChI=1S/C14H20BrN3O2/c1-17(8-9-19)14(20)16-11-6-7-18(10-11)13-5-3-2-4-12(13)15/h2-5,11,19H,6-10H2,1H3,(H,16,20). The Morgan fingerprint density at radius 3 is 3.00 bits per heavy atom. The number of aliphatic hydroxyl groups is 1. The Kier molecular flexibility index (Phi) is 5.25. The number of carbonyl (C=O) groups excluding carboxylic acids is 1. The van der Waals surface area contributed by atoms with E-state index >= 15 is 0 Å². The van der Waals surface area contributed by atoms with Gasteiger partial charge in [0, 0.05) is 37.2 Å². The summed E-state index contributed by atoms with van der Waals surface area (Å²) in [5, 5.41) is 11.8. The van der Waals surface area contributed by atoms with Gasteiger partial charge in [-0.1, -0.05) is 12.1 Å². The van der Waals surface area contributed by atoms with Gasteiger partial charge < -0.3 is 20.2 Å². The minimum Gasteiger partial charge on any atom is -0.395 e. The van der Waals surface area contributed by atoms with E-state index in [1.807, 2.05) is 18.2 Å². The Morgan fingerprint density at radius 2 is 2.30 bits per heavy atom. The van der Waals surface area contributed by atoms with Crippen LogP contribution in [0.4, 0.5) is 10.5 Å². The van der Waals surface area contributed by atoms with E-state index in [0.717, 1.165) is 29.7 Å². The van der Waals surface area contributed by atoms with Crippen molar-refractivity contribution in [3.05, 3.63) is 28.7 Å². The molecule has 1 fully saturated rings. The van der Waals surface area contributed by atoms with Gasteiger partial charge in [-0.25, -0.2) is 4.79 Å². The number of halogens is 1. The first kappa shape index (κ1) is 15.1. The first-order valence-electron chi connectivity index (χ1n) is 6.73. The van der Waals surface area contributed by atoms with Crippen LogP contribution in [0.1, 0.15) is 6.42 Å². The molecular weight excluding hydrogens is 322 g/mol. The lowest BCUT2D eigenvalue weighted by atomic mass is 10.3. The van der Waals surface area contributed by atoms with Crippen LogP contribution in [0.5, 0.6) is 0 Å². The van der Waals surface area contributed by atoms with Gasteiger partial charge in [0.1, 0.15) is 0 Å². The quantitative estimate of drug-likeness (QED) is 0.875. The number of anilines is 1. The molecule has 110 valence electrons. The molecule has 20 heavy (non-hydrogen) atoms. The van der Waals surface area contributed by atoms with Crippen LogP contribution >= 0.6 is 15.9 Å². The molecular formula is C14H20BrN3O2. The van der Waals surface area contributed by atoms with E-state index in [9.17, 15) is 4.79 Å². The lowest BCUT2D eigenvalue weighted by molar-refractivity contribution is 0.188. The molecule has 2 N–H and O–H groups in total. The summed E-state index contributed by atoms with van der Waals surface area (Å²) in [5.41, 5.74) is 1.16. The van der Waals surface area contributed by atoms with Crippen molar-refractivity contribution in [3.63, 3.8) is 0 Å². The first-order chi connectivity index (χ1) is 9.61. The number of rotatable bonds is 4. The van der Waals surface area contributed by atoms with Crippen LogP contribution in [0, 0.1) is 0 Å². The van der Waals surface area contributed by atoms with Gasteiger partial charge in [0.05, 0.1) is 12.3 Å². The van der Waals surface area contributed by atoms with Crippen LogP contribution < -0.4 is 10.2 Å². The number of nitrogens with zero attached hydrogens (tertiary/aromatic N) is 2. The molecule has 5 nitrogen and oxygen atoms in total. The summed E-state index contributed by atoms with van der Waals surface area (Å²) >= 11 is 3.56. The maximum absolute atomic E-state index is 11.9. The zero-order chi connectivity index (χ0) is 14.5.